The number of aromatic nitrogens is 1. The Morgan fingerprint density at radius 3 is 2.36 bits per heavy atom. The number of pyridine rings is 1. The van der Waals surface area contributed by atoms with Crippen LogP contribution < -0.4 is 10.9 Å². The van der Waals surface area contributed by atoms with Gasteiger partial charge in [-0.15, -0.1) is 0 Å². The van der Waals surface area contributed by atoms with Crippen molar-refractivity contribution in [3.05, 3.63) is 92.4 Å². The maximum atomic E-state index is 15.7. The minimum absolute atomic E-state index is 0.00996. The number of nitrogens with one attached hydrogen (secondary N) is 1. The molecule has 242 valence electrons. The molecule has 4 rings (SSSR count). The number of carboxylic acids is 1. The van der Waals surface area contributed by atoms with Crippen LogP contribution in [0.15, 0.2) is 47.4 Å². The molecule has 2 N–H and O–H groups in total. The summed E-state index contributed by atoms with van der Waals surface area (Å²) in [6.45, 7) is 10.5. The number of benzene rings is 2. The molecule has 3 aromatic rings. The van der Waals surface area contributed by atoms with Crippen molar-refractivity contribution in [2.75, 3.05) is 19.6 Å². The molecule has 7 nitrogen and oxygen atoms in total. The lowest BCUT2D eigenvalue weighted by Crippen LogP contribution is -2.41. The first-order valence-electron chi connectivity index (χ1n) is 15.4. The first-order valence-corrected chi connectivity index (χ1v) is 15.4. The van der Waals surface area contributed by atoms with Crippen LogP contribution in [0, 0.1) is 38.3 Å². The van der Waals surface area contributed by atoms with E-state index in [-0.39, 0.29) is 23.5 Å². The quantitative estimate of drug-likeness (QED) is 0.249. The van der Waals surface area contributed by atoms with Gasteiger partial charge in [-0.3, -0.25) is 14.4 Å². The van der Waals surface area contributed by atoms with Crippen molar-refractivity contribution < 1.29 is 27.9 Å². The molecule has 3 atom stereocenters. The van der Waals surface area contributed by atoms with Crippen molar-refractivity contribution in [3.8, 4) is 11.1 Å². The van der Waals surface area contributed by atoms with Crippen LogP contribution in [0.25, 0.3) is 11.1 Å². The predicted octanol–water partition coefficient (Wildman–Crippen LogP) is 6.22. The molecule has 0 spiro atoms. The molecule has 0 radical (unpaired) electrons. The Morgan fingerprint density at radius 2 is 1.76 bits per heavy atom. The summed E-state index contributed by atoms with van der Waals surface area (Å²) in [5.41, 5.74) is 3.27. The molecule has 0 bridgehead atoms. The average molecular weight is 626 g/mol. The van der Waals surface area contributed by atoms with Gasteiger partial charge >= 0.3 is 5.97 Å². The number of rotatable bonds is 12. The zero-order valence-corrected chi connectivity index (χ0v) is 26.5. The summed E-state index contributed by atoms with van der Waals surface area (Å²) in [6, 6.07) is 7.73. The highest BCUT2D eigenvalue weighted by molar-refractivity contribution is 5.82. The molecule has 1 fully saturated rings. The van der Waals surface area contributed by atoms with Gasteiger partial charge in [-0.05, 0) is 97.5 Å². The lowest BCUT2D eigenvalue weighted by Gasteiger charge is -2.26. The molecular formula is C35H42F3N3O4. The Morgan fingerprint density at radius 1 is 1.07 bits per heavy atom. The lowest BCUT2D eigenvalue weighted by molar-refractivity contribution is -0.138. The molecule has 0 saturated carbocycles. The number of likely N-dealkylation sites (tertiary alicyclic amines) is 1. The maximum absolute atomic E-state index is 15.7. The van der Waals surface area contributed by atoms with Crippen LogP contribution in [0.4, 0.5) is 13.2 Å². The van der Waals surface area contributed by atoms with E-state index < -0.39 is 53.7 Å². The maximum Gasteiger partial charge on any atom is 0.305 e. The molecule has 0 aliphatic carbocycles. The zero-order chi connectivity index (χ0) is 33.0. The summed E-state index contributed by atoms with van der Waals surface area (Å²) in [7, 11) is 0. The van der Waals surface area contributed by atoms with Crippen molar-refractivity contribution in [2.24, 2.45) is 5.92 Å². The molecule has 10 heteroatoms. The van der Waals surface area contributed by atoms with Gasteiger partial charge in [-0.25, -0.2) is 13.2 Å². The highest BCUT2D eigenvalue weighted by atomic mass is 19.1. The molecule has 1 aliphatic heterocycles. The molecule has 1 aliphatic rings. The van der Waals surface area contributed by atoms with Crippen LogP contribution in [0.1, 0.15) is 73.0 Å². The molecule has 2 unspecified atom stereocenters. The smallest absolute Gasteiger partial charge is 0.305 e. The first-order chi connectivity index (χ1) is 21.2. The van der Waals surface area contributed by atoms with E-state index in [1.54, 1.807) is 19.1 Å². The second-order valence-electron chi connectivity index (χ2n) is 12.6. The Kier molecular flexibility index (Phi) is 10.9. The van der Waals surface area contributed by atoms with Crippen LogP contribution in [0.2, 0.25) is 0 Å². The Bertz CT molecular complexity index is 1600. The van der Waals surface area contributed by atoms with E-state index in [9.17, 15) is 28.3 Å². The van der Waals surface area contributed by atoms with E-state index in [1.807, 2.05) is 50.8 Å². The summed E-state index contributed by atoms with van der Waals surface area (Å²) in [5, 5.41) is 12.5. The number of carbonyl (C=O) groups is 2. The number of carboxylic acid groups (broad SMARTS) is 1. The van der Waals surface area contributed by atoms with E-state index in [4.69, 9.17) is 0 Å². The van der Waals surface area contributed by atoms with Gasteiger partial charge in [0.25, 0.3) is 5.56 Å². The van der Waals surface area contributed by atoms with E-state index in [2.05, 4.69) is 5.32 Å². The monoisotopic (exact) mass is 625 g/mol. The zero-order valence-electron chi connectivity index (χ0n) is 26.5. The van der Waals surface area contributed by atoms with E-state index in [0.717, 1.165) is 27.3 Å². The topological polar surface area (TPSA) is 91.6 Å². The molecule has 1 amide bonds. The van der Waals surface area contributed by atoms with Gasteiger partial charge in [0.2, 0.25) is 5.91 Å². The molecule has 1 aromatic heterocycles. The summed E-state index contributed by atoms with van der Waals surface area (Å²) in [5.74, 6) is -3.74. The second kappa shape index (κ2) is 14.5. The van der Waals surface area contributed by atoms with Crippen LogP contribution in [-0.4, -0.2) is 52.3 Å². The summed E-state index contributed by atoms with van der Waals surface area (Å²) < 4.78 is 45.4. The van der Waals surface area contributed by atoms with Crippen molar-refractivity contribution in [1.29, 1.82) is 0 Å². The Labute approximate surface area is 262 Å². The fourth-order valence-electron chi connectivity index (χ4n) is 6.21. The highest BCUT2D eigenvalue weighted by Crippen LogP contribution is 2.33. The summed E-state index contributed by atoms with van der Waals surface area (Å²) in [4.78, 5) is 40.9. The molecule has 45 heavy (non-hydrogen) atoms. The van der Waals surface area contributed by atoms with Gasteiger partial charge in [0, 0.05) is 31.4 Å². The largest absolute Gasteiger partial charge is 0.481 e. The number of halogens is 3. The summed E-state index contributed by atoms with van der Waals surface area (Å²) in [6.07, 6.45) is 0.866. The highest BCUT2D eigenvalue weighted by Gasteiger charge is 2.30. The number of carbonyl (C=O) groups excluding carboxylic acids is 1. The molecule has 2 aromatic carbocycles. The number of aryl methyl sites for hydroxylation is 3. The van der Waals surface area contributed by atoms with Crippen molar-refractivity contribution in [2.45, 2.75) is 78.6 Å². The minimum Gasteiger partial charge on any atom is -0.481 e. The summed E-state index contributed by atoms with van der Waals surface area (Å²) >= 11 is 0. The van der Waals surface area contributed by atoms with Gasteiger partial charge in [-0.2, -0.15) is 0 Å². The van der Waals surface area contributed by atoms with Crippen molar-refractivity contribution in [1.82, 2.24) is 14.8 Å². The van der Waals surface area contributed by atoms with Crippen LogP contribution in [-0.2, 0) is 16.0 Å². The van der Waals surface area contributed by atoms with Crippen molar-refractivity contribution in [3.63, 3.8) is 0 Å². The Hall–Kier alpha value is -3.92. The molecular weight excluding hydrogens is 583 g/mol. The number of hydrogen-bond acceptors (Lipinski definition) is 4. The Balaban J connectivity index is 1.71. The van der Waals surface area contributed by atoms with Crippen LogP contribution in [0.5, 0.6) is 0 Å². The third kappa shape index (κ3) is 8.22. The van der Waals surface area contributed by atoms with Crippen LogP contribution >= 0.6 is 0 Å². The second-order valence-corrected chi connectivity index (χ2v) is 12.6. The van der Waals surface area contributed by atoms with E-state index in [1.165, 1.54) is 6.20 Å². The fourth-order valence-corrected chi connectivity index (χ4v) is 6.21. The number of nitrogens with zero attached hydrogens (tertiary/aromatic N) is 2. The van der Waals surface area contributed by atoms with E-state index >= 15 is 4.39 Å². The fraction of sp³-hybridized carbons (Fsp3) is 0.457. The van der Waals surface area contributed by atoms with Crippen LogP contribution in [0.3, 0.4) is 0 Å². The normalized spacial score (nSPS) is 16.6. The van der Waals surface area contributed by atoms with E-state index in [0.29, 0.717) is 43.6 Å². The van der Waals surface area contributed by atoms with Gasteiger partial charge in [0.05, 0.1) is 12.5 Å². The van der Waals surface area contributed by atoms with Gasteiger partial charge < -0.3 is 19.9 Å². The molecule has 1 saturated heterocycles. The number of aliphatic carboxylic acids is 1. The first kappa shape index (κ1) is 34.0. The average Bonchev–Trinajstić information content (AvgIpc) is 3.38. The standard InChI is InChI=1S/C35H42F3N3O4/c1-20(2)13-30(41-18-24(15-28(37)35(41)45)9-11-40-12-10-26(36)19-40)34(44)39-29(17-31(42)43)27-16-25(14-23(5)33(27)38)32-21(3)7-6-8-22(32)4/h6-8,14-16,18,20,26,29-30H,9-13,17,19H2,1-5H3,(H,39,44)(H,42,43)/t26-,29?,30?/m1/s1. The number of hydrogen-bond donors (Lipinski definition) is 2. The number of amides is 1. The van der Waals surface area contributed by atoms with Crippen molar-refractivity contribution >= 4 is 11.9 Å². The third-order valence-electron chi connectivity index (χ3n) is 8.44. The van der Waals surface area contributed by atoms with Gasteiger partial charge in [0.1, 0.15) is 18.0 Å². The lowest BCUT2D eigenvalue weighted by atomic mass is 9.90. The SMILES string of the molecule is Cc1cc(-c2c(C)cccc2C)cc(C(CC(=O)O)NC(=O)C(CC(C)C)n2cc(CCN3CC[C@@H](F)C3)cc(F)c2=O)c1F. The predicted molar refractivity (Wildman–Crippen MR) is 168 cm³/mol. The number of alkyl halides is 1. The van der Waals surface area contributed by atoms with Gasteiger partial charge in [-0.1, -0.05) is 32.0 Å². The molecule has 2 heterocycles. The van der Waals surface area contributed by atoms with Gasteiger partial charge in [0.15, 0.2) is 5.82 Å². The minimum atomic E-state index is -1.26. The third-order valence-corrected chi connectivity index (χ3v) is 8.44.